The predicted octanol–water partition coefficient (Wildman–Crippen LogP) is 0.378. The first-order valence-electron chi connectivity index (χ1n) is 4.98. The summed E-state index contributed by atoms with van der Waals surface area (Å²) in [4.78, 5) is 35.0. The Kier molecular flexibility index (Phi) is 2.78. The molecule has 1 heterocycles. The van der Waals surface area contributed by atoms with E-state index in [0.29, 0.717) is 11.1 Å². The number of primary amides is 1. The molecule has 1 aliphatic rings. The SMILES string of the molecule is NC(=O)OCCN1C(=O)c2ccccc2C1=O. The van der Waals surface area contributed by atoms with Crippen LogP contribution in [0.4, 0.5) is 4.79 Å². The van der Waals surface area contributed by atoms with Crippen molar-refractivity contribution in [1.29, 1.82) is 0 Å². The topological polar surface area (TPSA) is 89.7 Å². The lowest BCUT2D eigenvalue weighted by Gasteiger charge is -2.12. The Hall–Kier alpha value is -2.37. The van der Waals surface area contributed by atoms with Crippen molar-refractivity contribution in [3.05, 3.63) is 35.4 Å². The molecule has 88 valence electrons. The summed E-state index contributed by atoms with van der Waals surface area (Å²) in [5.41, 5.74) is 5.52. The monoisotopic (exact) mass is 234 g/mol. The minimum absolute atomic E-state index is 0.00921. The van der Waals surface area contributed by atoms with Gasteiger partial charge >= 0.3 is 6.09 Å². The van der Waals surface area contributed by atoms with Crippen LogP contribution in [-0.4, -0.2) is 36.0 Å². The highest BCUT2D eigenvalue weighted by molar-refractivity contribution is 6.21. The molecule has 0 unspecified atom stereocenters. The van der Waals surface area contributed by atoms with Crippen molar-refractivity contribution < 1.29 is 19.1 Å². The van der Waals surface area contributed by atoms with E-state index in [0.717, 1.165) is 4.90 Å². The van der Waals surface area contributed by atoms with Gasteiger partial charge in [0.2, 0.25) is 0 Å². The van der Waals surface area contributed by atoms with E-state index in [4.69, 9.17) is 5.73 Å². The molecule has 17 heavy (non-hydrogen) atoms. The van der Waals surface area contributed by atoms with Crippen molar-refractivity contribution in [3.63, 3.8) is 0 Å². The van der Waals surface area contributed by atoms with Crippen LogP contribution in [0.3, 0.4) is 0 Å². The summed E-state index contributed by atoms with van der Waals surface area (Å²) < 4.78 is 4.49. The summed E-state index contributed by atoms with van der Waals surface area (Å²) in [6.07, 6.45) is -0.929. The van der Waals surface area contributed by atoms with Gasteiger partial charge in [0.15, 0.2) is 0 Å². The van der Waals surface area contributed by atoms with Gasteiger partial charge < -0.3 is 10.5 Å². The van der Waals surface area contributed by atoms with Crippen LogP contribution in [0.15, 0.2) is 24.3 Å². The summed E-state index contributed by atoms with van der Waals surface area (Å²) in [5, 5.41) is 0. The number of imide groups is 1. The van der Waals surface area contributed by atoms with Crippen LogP contribution >= 0.6 is 0 Å². The van der Waals surface area contributed by atoms with Gasteiger partial charge in [0.05, 0.1) is 17.7 Å². The van der Waals surface area contributed by atoms with Crippen LogP contribution in [0.1, 0.15) is 20.7 Å². The molecule has 0 saturated carbocycles. The third kappa shape index (κ3) is 1.96. The zero-order valence-corrected chi connectivity index (χ0v) is 8.88. The maximum atomic E-state index is 11.8. The van der Waals surface area contributed by atoms with E-state index in [2.05, 4.69) is 4.74 Å². The normalized spacial score (nSPS) is 13.8. The number of nitrogens with zero attached hydrogens (tertiary/aromatic N) is 1. The lowest BCUT2D eigenvalue weighted by Crippen LogP contribution is -2.34. The van der Waals surface area contributed by atoms with E-state index in [1.165, 1.54) is 0 Å². The third-order valence-electron chi connectivity index (χ3n) is 2.44. The Balaban J connectivity index is 2.11. The fourth-order valence-electron chi connectivity index (χ4n) is 1.68. The van der Waals surface area contributed by atoms with Crippen molar-refractivity contribution in [3.8, 4) is 0 Å². The summed E-state index contributed by atoms with van der Waals surface area (Å²) >= 11 is 0. The van der Waals surface area contributed by atoms with Gasteiger partial charge in [0, 0.05) is 0 Å². The molecular formula is C11H10N2O4. The maximum Gasteiger partial charge on any atom is 0.404 e. The van der Waals surface area contributed by atoms with E-state index in [1.807, 2.05) is 0 Å². The second kappa shape index (κ2) is 4.25. The van der Waals surface area contributed by atoms with Gasteiger partial charge in [0.25, 0.3) is 11.8 Å². The molecule has 0 atom stereocenters. The zero-order chi connectivity index (χ0) is 12.4. The van der Waals surface area contributed by atoms with Crippen molar-refractivity contribution in [2.75, 3.05) is 13.2 Å². The molecule has 1 aliphatic heterocycles. The molecule has 1 aromatic carbocycles. The molecule has 0 fully saturated rings. The maximum absolute atomic E-state index is 11.8. The Labute approximate surface area is 96.9 Å². The molecule has 6 heteroatoms. The average molecular weight is 234 g/mol. The number of fused-ring (bicyclic) bond motifs is 1. The van der Waals surface area contributed by atoms with Crippen LogP contribution < -0.4 is 5.73 Å². The molecule has 0 spiro atoms. The first-order chi connectivity index (χ1) is 8.11. The molecule has 3 amide bonds. The van der Waals surface area contributed by atoms with Crippen molar-refractivity contribution >= 4 is 17.9 Å². The van der Waals surface area contributed by atoms with Gasteiger partial charge in [-0.2, -0.15) is 0 Å². The number of benzene rings is 1. The van der Waals surface area contributed by atoms with Crippen molar-refractivity contribution in [1.82, 2.24) is 4.90 Å². The molecule has 2 rings (SSSR count). The number of amides is 3. The van der Waals surface area contributed by atoms with Gasteiger partial charge in [0.1, 0.15) is 6.61 Å². The standard InChI is InChI=1S/C11H10N2O4/c12-11(16)17-6-5-13-9(14)7-3-1-2-4-8(7)10(13)15/h1-4H,5-6H2,(H2,12,16). The van der Waals surface area contributed by atoms with Crippen molar-refractivity contribution in [2.45, 2.75) is 0 Å². The Morgan fingerprint density at radius 2 is 1.71 bits per heavy atom. The Morgan fingerprint density at radius 1 is 1.18 bits per heavy atom. The number of ether oxygens (including phenoxy) is 1. The fraction of sp³-hybridized carbons (Fsp3) is 0.182. The molecule has 0 radical (unpaired) electrons. The van der Waals surface area contributed by atoms with E-state index in [9.17, 15) is 14.4 Å². The van der Waals surface area contributed by atoms with Crippen LogP contribution in [0, 0.1) is 0 Å². The van der Waals surface area contributed by atoms with Crippen LogP contribution in [-0.2, 0) is 4.74 Å². The summed E-state index contributed by atoms with van der Waals surface area (Å²) in [7, 11) is 0. The number of rotatable bonds is 3. The van der Waals surface area contributed by atoms with E-state index in [-0.39, 0.29) is 25.0 Å². The first kappa shape index (κ1) is 11.1. The van der Waals surface area contributed by atoms with E-state index >= 15 is 0 Å². The highest BCUT2D eigenvalue weighted by Gasteiger charge is 2.34. The minimum Gasteiger partial charge on any atom is -0.448 e. The Morgan fingerprint density at radius 3 is 2.18 bits per heavy atom. The molecule has 6 nitrogen and oxygen atoms in total. The number of nitrogens with two attached hydrogens (primary N) is 1. The zero-order valence-electron chi connectivity index (χ0n) is 8.88. The number of hydrogen-bond acceptors (Lipinski definition) is 4. The van der Waals surface area contributed by atoms with E-state index in [1.54, 1.807) is 24.3 Å². The van der Waals surface area contributed by atoms with Gasteiger partial charge in [-0.3, -0.25) is 14.5 Å². The number of carbonyl (C=O) groups excluding carboxylic acids is 3. The highest BCUT2D eigenvalue weighted by atomic mass is 16.5. The molecular weight excluding hydrogens is 224 g/mol. The summed E-state index contributed by atoms with van der Waals surface area (Å²) in [5.74, 6) is -0.752. The fourth-order valence-corrected chi connectivity index (χ4v) is 1.68. The van der Waals surface area contributed by atoms with Crippen LogP contribution in [0.25, 0.3) is 0 Å². The molecule has 0 bridgehead atoms. The van der Waals surface area contributed by atoms with Crippen molar-refractivity contribution in [2.24, 2.45) is 5.73 Å². The smallest absolute Gasteiger partial charge is 0.404 e. The average Bonchev–Trinajstić information content (AvgIpc) is 2.54. The molecule has 0 saturated heterocycles. The number of carbonyl (C=O) groups is 3. The lowest BCUT2D eigenvalue weighted by molar-refractivity contribution is 0.0609. The highest BCUT2D eigenvalue weighted by Crippen LogP contribution is 2.21. The van der Waals surface area contributed by atoms with Crippen LogP contribution in [0.5, 0.6) is 0 Å². The summed E-state index contributed by atoms with van der Waals surface area (Å²) in [6.45, 7) is -0.0872. The summed E-state index contributed by atoms with van der Waals surface area (Å²) in [6, 6.07) is 6.55. The third-order valence-corrected chi connectivity index (χ3v) is 2.44. The lowest BCUT2D eigenvalue weighted by atomic mass is 10.1. The van der Waals surface area contributed by atoms with Gasteiger partial charge in [-0.15, -0.1) is 0 Å². The van der Waals surface area contributed by atoms with E-state index < -0.39 is 6.09 Å². The second-order valence-corrected chi connectivity index (χ2v) is 3.48. The first-order valence-corrected chi connectivity index (χ1v) is 4.98. The quantitative estimate of drug-likeness (QED) is 0.765. The second-order valence-electron chi connectivity index (χ2n) is 3.48. The van der Waals surface area contributed by atoms with Crippen LogP contribution in [0.2, 0.25) is 0 Å². The molecule has 1 aromatic rings. The predicted molar refractivity (Wildman–Crippen MR) is 57.3 cm³/mol. The van der Waals surface area contributed by atoms with Gasteiger partial charge in [-0.05, 0) is 12.1 Å². The molecule has 2 N–H and O–H groups in total. The Bertz CT molecular complexity index is 463. The van der Waals surface area contributed by atoms with Gasteiger partial charge in [-0.25, -0.2) is 4.79 Å². The van der Waals surface area contributed by atoms with Gasteiger partial charge in [-0.1, -0.05) is 12.1 Å². The molecule has 0 aromatic heterocycles. The minimum atomic E-state index is -0.929. The number of hydrogen-bond donors (Lipinski definition) is 1. The largest absolute Gasteiger partial charge is 0.448 e. The molecule has 0 aliphatic carbocycles.